The average molecular weight is 275 g/mol. The lowest BCUT2D eigenvalue weighted by atomic mass is 9.67. The van der Waals surface area contributed by atoms with Crippen LogP contribution in [0.3, 0.4) is 0 Å². The van der Waals surface area contributed by atoms with Crippen molar-refractivity contribution in [2.75, 3.05) is 6.61 Å². The zero-order valence-electron chi connectivity index (χ0n) is 12.3. The van der Waals surface area contributed by atoms with E-state index in [2.05, 4.69) is 5.10 Å². The number of nitrogens with one attached hydrogen (secondary N) is 1. The predicted molar refractivity (Wildman–Crippen MR) is 73.5 cm³/mol. The van der Waals surface area contributed by atoms with Gasteiger partial charge >= 0.3 is 11.7 Å². The van der Waals surface area contributed by atoms with Crippen LogP contribution in [0.5, 0.6) is 0 Å². The van der Waals surface area contributed by atoms with Crippen molar-refractivity contribution in [3.63, 3.8) is 0 Å². The first-order chi connectivity index (χ1) is 9.67. The third-order valence-corrected chi connectivity index (χ3v) is 5.59. The second-order valence-corrected chi connectivity index (χ2v) is 6.87. The number of nitrogens with zero attached hydrogens (tertiary/aromatic N) is 1. The number of rotatable bonds is 2. The monoisotopic (exact) mass is 275 g/mol. The second kappa shape index (κ2) is 4.34. The first kappa shape index (κ1) is 12.4. The van der Waals surface area contributed by atoms with Crippen molar-refractivity contribution in [3.05, 3.63) is 17.0 Å². The number of aromatic amines is 1. The molecule has 2 saturated carbocycles. The maximum atomic E-state index is 12.3. The summed E-state index contributed by atoms with van der Waals surface area (Å²) in [5, 5.41) is 3.47. The summed E-state index contributed by atoms with van der Waals surface area (Å²) in [7, 11) is 1.94. The number of hydrogen-bond acceptors (Lipinski definition) is 2. The van der Waals surface area contributed by atoms with Crippen LogP contribution in [0.2, 0.25) is 0 Å². The van der Waals surface area contributed by atoms with Crippen molar-refractivity contribution in [2.45, 2.75) is 50.9 Å². The minimum absolute atomic E-state index is 0.159. The van der Waals surface area contributed by atoms with Crippen LogP contribution in [0.25, 0.3) is 0 Å². The molecule has 108 valence electrons. The topological polar surface area (TPSA) is 46.0 Å². The summed E-state index contributed by atoms with van der Waals surface area (Å²) in [6, 6.07) is 0. The number of carbonyl (C=O) groups excluding carboxylic acids is 1. The number of esters is 1. The molecule has 4 aliphatic carbocycles. The van der Waals surface area contributed by atoms with Crippen LogP contribution in [0.15, 0.2) is 0 Å². The summed E-state index contributed by atoms with van der Waals surface area (Å²) in [6.07, 6.45) is 6.57. The maximum absolute atomic E-state index is 12.3. The van der Waals surface area contributed by atoms with Gasteiger partial charge in [0, 0.05) is 5.92 Å². The van der Waals surface area contributed by atoms with E-state index >= 15 is 0 Å². The lowest BCUT2D eigenvalue weighted by molar-refractivity contribution is -0.729. The van der Waals surface area contributed by atoms with E-state index in [1.165, 1.54) is 43.4 Å². The summed E-state index contributed by atoms with van der Waals surface area (Å²) in [4.78, 5) is 12.3. The van der Waals surface area contributed by atoms with Gasteiger partial charge in [-0.25, -0.2) is 4.79 Å². The van der Waals surface area contributed by atoms with Crippen LogP contribution >= 0.6 is 0 Å². The molecule has 1 aromatic rings. The highest BCUT2D eigenvalue weighted by Gasteiger charge is 2.48. The van der Waals surface area contributed by atoms with Crippen LogP contribution in [0, 0.1) is 11.8 Å². The standard InChI is InChI=1S/C16H22N2O2/c1-3-20-16(19)15-13-11-5-9-4-10(6-11)8-12(7-9)14(13)17-18(15)2/h9-12H,3-8H2,1-2H3/p+1. The fourth-order valence-corrected chi connectivity index (χ4v) is 5.10. The quantitative estimate of drug-likeness (QED) is 0.665. The number of aromatic nitrogens is 2. The lowest BCUT2D eigenvalue weighted by Gasteiger charge is -2.38. The molecule has 2 atom stereocenters. The van der Waals surface area contributed by atoms with Gasteiger partial charge in [-0.15, -0.1) is 4.68 Å². The Morgan fingerprint density at radius 2 is 1.85 bits per heavy atom. The molecule has 4 nitrogen and oxygen atoms in total. The summed E-state index contributed by atoms with van der Waals surface area (Å²) in [6.45, 7) is 2.31. The molecular weight excluding hydrogens is 252 g/mol. The summed E-state index contributed by atoms with van der Waals surface area (Å²) in [5.74, 6) is 2.79. The Bertz CT molecular complexity index is 549. The van der Waals surface area contributed by atoms with Crippen LogP contribution < -0.4 is 4.68 Å². The van der Waals surface area contributed by atoms with Crippen molar-refractivity contribution in [1.29, 1.82) is 0 Å². The molecule has 0 amide bonds. The Morgan fingerprint density at radius 3 is 2.50 bits per heavy atom. The molecule has 4 aliphatic rings. The molecule has 20 heavy (non-hydrogen) atoms. The van der Waals surface area contributed by atoms with Crippen molar-refractivity contribution < 1.29 is 14.2 Å². The normalized spacial score (nSPS) is 33.9. The summed E-state index contributed by atoms with van der Waals surface area (Å²) >= 11 is 0. The third-order valence-electron chi connectivity index (χ3n) is 5.59. The maximum Gasteiger partial charge on any atom is 0.406 e. The molecule has 0 saturated heterocycles. The lowest BCUT2D eigenvalue weighted by Crippen LogP contribution is -2.39. The second-order valence-electron chi connectivity index (χ2n) is 6.87. The SMILES string of the molecule is CCOC(=O)c1c2c([nH][n+]1C)C1CC3CC(C1)CC2C3. The van der Waals surface area contributed by atoms with Gasteiger partial charge in [0.15, 0.2) is 7.05 Å². The fourth-order valence-electron chi connectivity index (χ4n) is 5.10. The number of H-pyrrole nitrogens is 1. The van der Waals surface area contributed by atoms with Gasteiger partial charge in [0.1, 0.15) is 0 Å². The van der Waals surface area contributed by atoms with Gasteiger partial charge < -0.3 is 4.74 Å². The van der Waals surface area contributed by atoms with Gasteiger partial charge in [0.05, 0.1) is 17.9 Å². The van der Waals surface area contributed by atoms with Gasteiger partial charge in [0.2, 0.25) is 0 Å². The molecule has 4 heteroatoms. The van der Waals surface area contributed by atoms with Gasteiger partial charge in [-0.2, -0.15) is 5.10 Å². The van der Waals surface area contributed by atoms with E-state index in [4.69, 9.17) is 4.74 Å². The molecule has 2 unspecified atom stereocenters. The molecule has 0 aromatic carbocycles. The Kier molecular flexibility index (Phi) is 2.69. The van der Waals surface area contributed by atoms with Crippen molar-refractivity contribution in [3.8, 4) is 0 Å². The van der Waals surface area contributed by atoms with E-state index in [1.807, 2.05) is 18.7 Å². The van der Waals surface area contributed by atoms with Crippen molar-refractivity contribution in [2.24, 2.45) is 18.9 Å². The summed E-state index contributed by atoms with van der Waals surface area (Å²) < 4.78 is 7.17. The van der Waals surface area contributed by atoms with E-state index in [1.54, 1.807) is 0 Å². The van der Waals surface area contributed by atoms with Crippen molar-refractivity contribution >= 4 is 5.97 Å². The smallest absolute Gasteiger partial charge is 0.406 e. The molecule has 5 rings (SSSR count). The van der Waals surface area contributed by atoms with E-state index < -0.39 is 0 Å². The highest BCUT2D eigenvalue weighted by molar-refractivity contribution is 5.88. The molecule has 0 spiro atoms. The molecule has 1 N–H and O–H groups in total. The number of ether oxygens (including phenoxy) is 1. The van der Waals surface area contributed by atoms with Gasteiger partial charge in [0.25, 0.3) is 0 Å². The highest BCUT2D eigenvalue weighted by atomic mass is 16.5. The number of carbonyl (C=O) groups is 1. The van der Waals surface area contributed by atoms with Crippen LogP contribution in [0.4, 0.5) is 0 Å². The number of aryl methyl sites for hydroxylation is 1. The zero-order valence-corrected chi connectivity index (χ0v) is 12.3. The van der Waals surface area contributed by atoms with Gasteiger partial charge in [-0.1, -0.05) is 0 Å². The van der Waals surface area contributed by atoms with Crippen molar-refractivity contribution in [1.82, 2.24) is 5.10 Å². The number of hydrogen-bond donors (Lipinski definition) is 1. The first-order valence-electron chi connectivity index (χ1n) is 7.96. The molecular formula is C16H23N2O2+. The minimum atomic E-state index is -0.159. The molecule has 0 aliphatic heterocycles. The van der Waals surface area contributed by atoms with E-state index in [-0.39, 0.29) is 5.97 Å². The largest absolute Gasteiger partial charge is 0.458 e. The van der Waals surface area contributed by atoms with Crippen LogP contribution in [-0.4, -0.2) is 17.7 Å². The Hall–Kier alpha value is -1.32. The van der Waals surface area contributed by atoms with E-state index in [0.29, 0.717) is 18.4 Å². The average Bonchev–Trinajstić information content (AvgIpc) is 2.67. The van der Waals surface area contributed by atoms with Crippen LogP contribution in [-0.2, 0) is 11.8 Å². The highest BCUT2D eigenvalue weighted by Crippen LogP contribution is 2.56. The van der Waals surface area contributed by atoms with E-state index in [0.717, 1.165) is 17.5 Å². The first-order valence-corrected chi connectivity index (χ1v) is 7.96. The Morgan fingerprint density at radius 1 is 1.20 bits per heavy atom. The Balaban J connectivity index is 1.84. The van der Waals surface area contributed by atoms with Gasteiger partial charge in [-0.3, -0.25) is 0 Å². The molecule has 1 aromatic heterocycles. The predicted octanol–water partition coefficient (Wildman–Crippen LogP) is 2.41. The third kappa shape index (κ3) is 1.66. The molecule has 1 heterocycles. The Labute approximate surface area is 119 Å². The molecule has 2 fully saturated rings. The zero-order chi connectivity index (χ0) is 13.9. The molecule has 0 radical (unpaired) electrons. The van der Waals surface area contributed by atoms with Gasteiger partial charge in [-0.05, 0) is 56.8 Å². The van der Waals surface area contributed by atoms with E-state index in [9.17, 15) is 4.79 Å². The minimum Gasteiger partial charge on any atom is -0.458 e. The molecule has 4 bridgehead atoms. The fraction of sp³-hybridized carbons (Fsp3) is 0.750. The summed E-state index contributed by atoms with van der Waals surface area (Å²) in [5.41, 5.74) is 3.41. The van der Waals surface area contributed by atoms with Crippen LogP contribution in [0.1, 0.15) is 72.6 Å².